The molecule has 2 heterocycles. The zero-order valence-electron chi connectivity index (χ0n) is 13.7. The Bertz CT molecular complexity index is 854. The number of nitrogens with zero attached hydrogens (tertiary/aromatic N) is 4. The van der Waals surface area contributed by atoms with Crippen LogP contribution >= 0.6 is 0 Å². The lowest BCUT2D eigenvalue weighted by Gasteiger charge is -2.33. The largest absolute Gasteiger partial charge is 0.360 e. The van der Waals surface area contributed by atoms with Gasteiger partial charge >= 0.3 is 0 Å². The molecule has 25 heavy (non-hydrogen) atoms. The summed E-state index contributed by atoms with van der Waals surface area (Å²) in [5.41, 5.74) is 0.681. The topological polar surface area (TPSA) is 110 Å². The Morgan fingerprint density at radius 3 is 2.36 bits per heavy atom. The van der Waals surface area contributed by atoms with Gasteiger partial charge in [0.2, 0.25) is 10.0 Å². The maximum atomic E-state index is 12.6. The standard InChI is InChI=1S/C15H18N4O5S/c1-12-10-14(24-16-12)11-17-6-8-18(9-7-17)25(22,23)15-4-2-13(3-5-15)19(20)21/h2-5,10H,6-9,11H2,1H3. The molecule has 1 fully saturated rings. The number of nitro groups is 1. The fraction of sp³-hybridized carbons (Fsp3) is 0.400. The first kappa shape index (κ1) is 17.5. The number of sulfonamides is 1. The average Bonchev–Trinajstić information content (AvgIpc) is 3.00. The van der Waals surface area contributed by atoms with Crippen LogP contribution in [0, 0.1) is 17.0 Å². The third-order valence-corrected chi connectivity index (χ3v) is 5.99. The molecule has 134 valence electrons. The number of rotatable bonds is 5. The molecule has 0 unspecified atom stereocenters. The van der Waals surface area contributed by atoms with Crippen molar-refractivity contribution in [1.29, 1.82) is 0 Å². The fourth-order valence-electron chi connectivity index (χ4n) is 2.73. The van der Waals surface area contributed by atoms with Crippen molar-refractivity contribution in [2.24, 2.45) is 0 Å². The van der Waals surface area contributed by atoms with Gasteiger partial charge in [-0.3, -0.25) is 15.0 Å². The predicted molar refractivity (Wildman–Crippen MR) is 88.4 cm³/mol. The third-order valence-electron chi connectivity index (χ3n) is 4.07. The molecule has 1 saturated heterocycles. The van der Waals surface area contributed by atoms with Crippen molar-refractivity contribution in [3.63, 3.8) is 0 Å². The van der Waals surface area contributed by atoms with E-state index in [-0.39, 0.29) is 10.6 Å². The molecule has 0 bridgehead atoms. The summed E-state index contributed by atoms with van der Waals surface area (Å²) < 4.78 is 31.9. The van der Waals surface area contributed by atoms with Crippen molar-refractivity contribution >= 4 is 15.7 Å². The van der Waals surface area contributed by atoms with Gasteiger partial charge in [0.05, 0.1) is 22.1 Å². The maximum Gasteiger partial charge on any atom is 0.269 e. The summed E-state index contributed by atoms with van der Waals surface area (Å²) >= 11 is 0. The maximum absolute atomic E-state index is 12.6. The van der Waals surface area contributed by atoms with Gasteiger partial charge < -0.3 is 4.52 Å². The van der Waals surface area contributed by atoms with Gasteiger partial charge in [-0.05, 0) is 19.1 Å². The summed E-state index contributed by atoms with van der Waals surface area (Å²) in [6, 6.07) is 6.82. The molecule has 0 saturated carbocycles. The number of hydrogen-bond acceptors (Lipinski definition) is 7. The second kappa shape index (κ2) is 6.90. The van der Waals surface area contributed by atoms with Crippen molar-refractivity contribution in [3.8, 4) is 0 Å². The third kappa shape index (κ3) is 3.86. The number of aromatic nitrogens is 1. The molecule has 1 aliphatic rings. The van der Waals surface area contributed by atoms with Gasteiger partial charge in [-0.2, -0.15) is 4.31 Å². The molecule has 2 aromatic rings. The van der Waals surface area contributed by atoms with Crippen LogP contribution in [0.3, 0.4) is 0 Å². The minimum Gasteiger partial charge on any atom is -0.360 e. The smallest absolute Gasteiger partial charge is 0.269 e. The van der Waals surface area contributed by atoms with E-state index in [1.807, 2.05) is 13.0 Å². The van der Waals surface area contributed by atoms with Crippen molar-refractivity contribution < 1.29 is 17.9 Å². The van der Waals surface area contributed by atoms with E-state index in [0.717, 1.165) is 11.5 Å². The first-order chi connectivity index (χ1) is 11.9. The lowest BCUT2D eigenvalue weighted by Crippen LogP contribution is -2.48. The van der Waals surface area contributed by atoms with Crippen molar-refractivity contribution in [2.75, 3.05) is 26.2 Å². The summed E-state index contributed by atoms with van der Waals surface area (Å²) in [5, 5.41) is 14.5. The summed E-state index contributed by atoms with van der Waals surface area (Å²) in [7, 11) is -3.65. The summed E-state index contributed by atoms with van der Waals surface area (Å²) in [5.74, 6) is 0.754. The van der Waals surface area contributed by atoms with E-state index in [2.05, 4.69) is 10.1 Å². The number of non-ortho nitro benzene ring substituents is 1. The predicted octanol–water partition coefficient (Wildman–Crippen LogP) is 1.40. The molecule has 1 aromatic heterocycles. The Morgan fingerprint density at radius 1 is 1.20 bits per heavy atom. The highest BCUT2D eigenvalue weighted by molar-refractivity contribution is 7.89. The van der Waals surface area contributed by atoms with Crippen LogP contribution < -0.4 is 0 Å². The molecule has 9 nitrogen and oxygen atoms in total. The minimum absolute atomic E-state index is 0.0670. The molecular weight excluding hydrogens is 348 g/mol. The van der Waals surface area contributed by atoms with Gasteiger partial charge in [0.15, 0.2) is 5.76 Å². The van der Waals surface area contributed by atoms with Crippen LogP contribution in [0.1, 0.15) is 11.5 Å². The SMILES string of the molecule is Cc1cc(CN2CCN(S(=O)(=O)c3ccc([N+](=O)[O-])cc3)CC2)on1. The molecule has 0 radical (unpaired) electrons. The zero-order chi connectivity index (χ0) is 18.0. The highest BCUT2D eigenvalue weighted by Crippen LogP contribution is 2.21. The van der Waals surface area contributed by atoms with Crippen LogP contribution in [-0.2, 0) is 16.6 Å². The zero-order valence-corrected chi connectivity index (χ0v) is 14.5. The van der Waals surface area contributed by atoms with Crippen LogP contribution in [0.25, 0.3) is 0 Å². The second-order valence-electron chi connectivity index (χ2n) is 5.87. The minimum atomic E-state index is -3.65. The molecular formula is C15H18N4O5S. The van der Waals surface area contributed by atoms with E-state index in [9.17, 15) is 18.5 Å². The lowest BCUT2D eigenvalue weighted by atomic mass is 10.3. The molecule has 0 spiro atoms. The van der Waals surface area contributed by atoms with E-state index in [1.54, 1.807) is 0 Å². The van der Waals surface area contributed by atoms with E-state index in [1.165, 1.54) is 28.6 Å². The van der Waals surface area contributed by atoms with Gasteiger partial charge in [0.1, 0.15) is 0 Å². The van der Waals surface area contributed by atoms with Crippen LogP contribution in [-0.4, -0.2) is 53.9 Å². The second-order valence-corrected chi connectivity index (χ2v) is 7.80. The molecule has 1 aliphatic heterocycles. The summed E-state index contributed by atoms with van der Waals surface area (Å²) in [6.07, 6.45) is 0. The molecule has 0 N–H and O–H groups in total. The van der Waals surface area contributed by atoms with Crippen LogP contribution in [0.5, 0.6) is 0 Å². The van der Waals surface area contributed by atoms with Crippen LogP contribution in [0.2, 0.25) is 0 Å². The van der Waals surface area contributed by atoms with Gasteiger partial charge in [-0.15, -0.1) is 0 Å². The van der Waals surface area contributed by atoms with E-state index < -0.39 is 14.9 Å². The Morgan fingerprint density at radius 2 is 1.84 bits per heavy atom. The van der Waals surface area contributed by atoms with Gasteiger partial charge in [-0.25, -0.2) is 8.42 Å². The van der Waals surface area contributed by atoms with Crippen molar-refractivity contribution in [3.05, 3.63) is 51.9 Å². The Labute approximate surface area is 145 Å². The van der Waals surface area contributed by atoms with Gasteiger partial charge in [-0.1, -0.05) is 5.16 Å². The number of hydrogen-bond donors (Lipinski definition) is 0. The number of nitro benzene ring substituents is 1. The Balaban J connectivity index is 1.63. The molecule has 0 atom stereocenters. The molecule has 0 aliphatic carbocycles. The van der Waals surface area contributed by atoms with Crippen molar-refractivity contribution in [2.45, 2.75) is 18.4 Å². The van der Waals surface area contributed by atoms with Gasteiger partial charge in [0.25, 0.3) is 5.69 Å². The van der Waals surface area contributed by atoms with E-state index >= 15 is 0 Å². The van der Waals surface area contributed by atoms with E-state index in [4.69, 9.17) is 4.52 Å². The number of piperazine rings is 1. The number of benzene rings is 1. The fourth-order valence-corrected chi connectivity index (χ4v) is 4.15. The Hall–Kier alpha value is -2.30. The normalized spacial score (nSPS) is 16.8. The number of aryl methyl sites for hydroxylation is 1. The van der Waals surface area contributed by atoms with Crippen LogP contribution in [0.4, 0.5) is 5.69 Å². The van der Waals surface area contributed by atoms with Crippen LogP contribution in [0.15, 0.2) is 39.8 Å². The lowest BCUT2D eigenvalue weighted by molar-refractivity contribution is -0.384. The molecule has 10 heteroatoms. The van der Waals surface area contributed by atoms with E-state index in [0.29, 0.717) is 32.7 Å². The first-order valence-electron chi connectivity index (χ1n) is 7.75. The molecule has 3 rings (SSSR count). The quantitative estimate of drug-likeness (QED) is 0.581. The summed E-state index contributed by atoms with van der Waals surface area (Å²) in [6.45, 7) is 4.30. The average molecular weight is 366 g/mol. The highest BCUT2D eigenvalue weighted by atomic mass is 32.2. The Kier molecular flexibility index (Phi) is 4.84. The molecule has 1 aromatic carbocycles. The first-order valence-corrected chi connectivity index (χ1v) is 9.19. The van der Waals surface area contributed by atoms with Gasteiger partial charge in [0, 0.05) is 44.4 Å². The van der Waals surface area contributed by atoms with Crippen molar-refractivity contribution in [1.82, 2.24) is 14.4 Å². The monoisotopic (exact) mass is 366 g/mol. The summed E-state index contributed by atoms with van der Waals surface area (Å²) in [4.78, 5) is 12.3. The highest BCUT2D eigenvalue weighted by Gasteiger charge is 2.29. The molecule has 0 amide bonds.